The standard InChI is InChI=1S/C23H21NO3/c1-3-19(26-20-10-6-4-8-15(20)2)23(25)24-16-12-13-18-17-9-5-7-11-21(17)27-22(18)14-16/h4-14,19H,3H2,1-2H3,(H,24,25). The maximum atomic E-state index is 12.7. The fourth-order valence-corrected chi connectivity index (χ4v) is 3.19. The molecule has 1 N–H and O–H groups in total. The highest BCUT2D eigenvalue weighted by atomic mass is 16.5. The van der Waals surface area contributed by atoms with Crippen LogP contribution in [0.4, 0.5) is 5.69 Å². The highest BCUT2D eigenvalue weighted by molar-refractivity contribution is 6.06. The SMILES string of the molecule is CCC(Oc1ccccc1C)C(=O)Nc1ccc2c(c1)oc1ccccc12. The molecule has 0 aliphatic heterocycles. The number of hydrogen-bond donors (Lipinski definition) is 1. The third-order valence-corrected chi connectivity index (χ3v) is 4.67. The minimum Gasteiger partial charge on any atom is -0.480 e. The molecule has 27 heavy (non-hydrogen) atoms. The van der Waals surface area contributed by atoms with Crippen molar-refractivity contribution in [2.24, 2.45) is 0 Å². The second-order valence-corrected chi connectivity index (χ2v) is 6.58. The molecule has 0 spiro atoms. The van der Waals surface area contributed by atoms with Gasteiger partial charge in [-0.3, -0.25) is 4.79 Å². The van der Waals surface area contributed by atoms with Crippen molar-refractivity contribution in [1.82, 2.24) is 0 Å². The molecular formula is C23H21NO3. The lowest BCUT2D eigenvalue weighted by atomic mass is 10.1. The van der Waals surface area contributed by atoms with Gasteiger partial charge in [0.05, 0.1) is 0 Å². The lowest BCUT2D eigenvalue weighted by Crippen LogP contribution is -2.32. The smallest absolute Gasteiger partial charge is 0.265 e. The van der Waals surface area contributed by atoms with Gasteiger partial charge in [-0.2, -0.15) is 0 Å². The first kappa shape index (κ1) is 17.2. The maximum absolute atomic E-state index is 12.7. The Labute approximate surface area is 157 Å². The zero-order chi connectivity index (χ0) is 18.8. The van der Waals surface area contributed by atoms with Gasteiger partial charge < -0.3 is 14.5 Å². The number of carbonyl (C=O) groups is 1. The molecule has 0 radical (unpaired) electrons. The van der Waals surface area contributed by atoms with Crippen LogP contribution in [0.25, 0.3) is 21.9 Å². The van der Waals surface area contributed by atoms with E-state index in [2.05, 4.69) is 5.32 Å². The number of hydrogen-bond acceptors (Lipinski definition) is 3. The number of nitrogens with one attached hydrogen (secondary N) is 1. The van der Waals surface area contributed by atoms with E-state index in [0.717, 1.165) is 33.3 Å². The van der Waals surface area contributed by atoms with Crippen molar-refractivity contribution in [2.75, 3.05) is 5.32 Å². The van der Waals surface area contributed by atoms with Gasteiger partial charge >= 0.3 is 0 Å². The number of fused-ring (bicyclic) bond motifs is 3. The lowest BCUT2D eigenvalue weighted by Gasteiger charge is -2.18. The van der Waals surface area contributed by atoms with E-state index in [1.165, 1.54) is 0 Å². The van der Waals surface area contributed by atoms with Gasteiger partial charge in [-0.25, -0.2) is 0 Å². The molecule has 3 aromatic carbocycles. The minimum absolute atomic E-state index is 0.170. The zero-order valence-corrected chi connectivity index (χ0v) is 15.4. The van der Waals surface area contributed by atoms with E-state index in [-0.39, 0.29) is 5.91 Å². The number of anilines is 1. The van der Waals surface area contributed by atoms with Crippen molar-refractivity contribution in [3.63, 3.8) is 0 Å². The topological polar surface area (TPSA) is 51.5 Å². The number of amides is 1. The highest BCUT2D eigenvalue weighted by Crippen LogP contribution is 2.30. The maximum Gasteiger partial charge on any atom is 0.265 e. The largest absolute Gasteiger partial charge is 0.480 e. The highest BCUT2D eigenvalue weighted by Gasteiger charge is 2.19. The first-order valence-corrected chi connectivity index (χ1v) is 9.10. The molecule has 4 nitrogen and oxygen atoms in total. The number of aryl methyl sites for hydroxylation is 1. The van der Waals surface area contributed by atoms with Gasteiger partial charge in [0.15, 0.2) is 6.10 Å². The van der Waals surface area contributed by atoms with Crippen LogP contribution in [0.5, 0.6) is 5.75 Å². The van der Waals surface area contributed by atoms with Crippen LogP contribution in [0.15, 0.2) is 71.1 Å². The zero-order valence-electron chi connectivity index (χ0n) is 15.4. The van der Waals surface area contributed by atoms with Crippen LogP contribution in [-0.2, 0) is 4.79 Å². The molecule has 1 atom stereocenters. The summed E-state index contributed by atoms with van der Waals surface area (Å²) in [7, 11) is 0. The molecule has 1 unspecified atom stereocenters. The van der Waals surface area contributed by atoms with Gasteiger partial charge in [0.2, 0.25) is 0 Å². The Morgan fingerprint density at radius 1 is 1.00 bits per heavy atom. The van der Waals surface area contributed by atoms with E-state index >= 15 is 0 Å². The van der Waals surface area contributed by atoms with Crippen molar-refractivity contribution in [3.05, 3.63) is 72.3 Å². The molecule has 136 valence electrons. The summed E-state index contributed by atoms with van der Waals surface area (Å²) in [6.07, 6.45) is 0.0185. The summed E-state index contributed by atoms with van der Waals surface area (Å²) in [5.74, 6) is 0.559. The summed E-state index contributed by atoms with van der Waals surface area (Å²) in [5, 5.41) is 5.05. The summed E-state index contributed by atoms with van der Waals surface area (Å²) in [4.78, 5) is 12.7. The predicted molar refractivity (Wildman–Crippen MR) is 108 cm³/mol. The minimum atomic E-state index is -0.558. The van der Waals surface area contributed by atoms with Gasteiger partial charge in [0, 0.05) is 22.5 Å². The molecule has 1 amide bonds. The van der Waals surface area contributed by atoms with Crippen LogP contribution in [-0.4, -0.2) is 12.0 Å². The van der Waals surface area contributed by atoms with Crippen LogP contribution in [0.1, 0.15) is 18.9 Å². The fourth-order valence-electron chi connectivity index (χ4n) is 3.19. The van der Waals surface area contributed by atoms with Crippen molar-refractivity contribution in [1.29, 1.82) is 0 Å². The molecule has 0 saturated heterocycles. The summed E-state index contributed by atoms with van der Waals surface area (Å²) in [5.41, 5.74) is 3.29. The van der Waals surface area contributed by atoms with Gasteiger partial charge in [0.1, 0.15) is 16.9 Å². The first-order valence-electron chi connectivity index (χ1n) is 9.10. The quantitative estimate of drug-likeness (QED) is 0.498. The number of benzene rings is 3. The van der Waals surface area contributed by atoms with Crippen molar-refractivity contribution < 1.29 is 13.9 Å². The molecule has 0 aliphatic rings. The van der Waals surface area contributed by atoms with E-state index in [0.29, 0.717) is 12.1 Å². The van der Waals surface area contributed by atoms with Gasteiger partial charge in [-0.1, -0.05) is 43.3 Å². The number of para-hydroxylation sites is 2. The molecule has 0 saturated carbocycles. The average Bonchev–Trinajstić information content (AvgIpc) is 3.05. The van der Waals surface area contributed by atoms with E-state index < -0.39 is 6.10 Å². The Hall–Kier alpha value is -3.27. The molecule has 1 heterocycles. The molecule has 0 fully saturated rings. The van der Waals surface area contributed by atoms with E-state index in [1.807, 2.05) is 80.6 Å². The van der Waals surface area contributed by atoms with E-state index in [1.54, 1.807) is 0 Å². The van der Waals surface area contributed by atoms with E-state index in [4.69, 9.17) is 9.15 Å². The summed E-state index contributed by atoms with van der Waals surface area (Å²) < 4.78 is 11.8. The average molecular weight is 359 g/mol. The summed E-state index contributed by atoms with van der Waals surface area (Å²) in [6, 6.07) is 21.3. The summed E-state index contributed by atoms with van der Waals surface area (Å²) >= 11 is 0. The molecule has 4 aromatic rings. The Bertz CT molecular complexity index is 1110. The lowest BCUT2D eigenvalue weighted by molar-refractivity contribution is -0.122. The van der Waals surface area contributed by atoms with Crippen LogP contribution in [0.2, 0.25) is 0 Å². The predicted octanol–water partition coefficient (Wildman–Crippen LogP) is 5.69. The van der Waals surface area contributed by atoms with Gasteiger partial charge in [0.25, 0.3) is 5.91 Å². The van der Waals surface area contributed by atoms with Crippen LogP contribution < -0.4 is 10.1 Å². The Balaban J connectivity index is 1.55. The third kappa shape index (κ3) is 3.38. The Kier molecular flexibility index (Phi) is 4.55. The Morgan fingerprint density at radius 3 is 2.56 bits per heavy atom. The first-order chi connectivity index (χ1) is 13.2. The second-order valence-electron chi connectivity index (χ2n) is 6.58. The van der Waals surface area contributed by atoms with Crippen LogP contribution >= 0.6 is 0 Å². The van der Waals surface area contributed by atoms with Crippen LogP contribution in [0.3, 0.4) is 0 Å². The second kappa shape index (κ2) is 7.16. The van der Waals surface area contributed by atoms with E-state index in [9.17, 15) is 4.79 Å². The molecule has 4 heteroatoms. The number of carbonyl (C=O) groups excluding carboxylic acids is 1. The third-order valence-electron chi connectivity index (χ3n) is 4.67. The molecular weight excluding hydrogens is 338 g/mol. The summed E-state index contributed by atoms with van der Waals surface area (Å²) in [6.45, 7) is 3.90. The number of furan rings is 1. The molecule has 1 aromatic heterocycles. The van der Waals surface area contributed by atoms with Crippen molar-refractivity contribution >= 4 is 33.5 Å². The van der Waals surface area contributed by atoms with Gasteiger partial charge in [-0.15, -0.1) is 0 Å². The van der Waals surface area contributed by atoms with Crippen molar-refractivity contribution in [3.8, 4) is 5.75 Å². The number of ether oxygens (including phenoxy) is 1. The Morgan fingerprint density at radius 2 is 1.74 bits per heavy atom. The molecule has 0 bridgehead atoms. The monoisotopic (exact) mass is 359 g/mol. The fraction of sp³-hybridized carbons (Fsp3) is 0.174. The normalized spacial score (nSPS) is 12.2. The molecule has 0 aliphatic carbocycles. The van der Waals surface area contributed by atoms with Crippen molar-refractivity contribution in [2.45, 2.75) is 26.4 Å². The molecule has 4 rings (SSSR count). The number of rotatable bonds is 5. The van der Waals surface area contributed by atoms with Gasteiger partial charge in [-0.05, 0) is 43.2 Å². The van der Waals surface area contributed by atoms with Crippen LogP contribution in [0, 0.1) is 6.92 Å².